The van der Waals surface area contributed by atoms with Gasteiger partial charge >= 0.3 is 0 Å². The SMILES string of the molecule is CC(N[C@@H](C)c1cccs1)C1CCCC1. The Morgan fingerprint density at radius 1 is 1.33 bits per heavy atom. The molecule has 1 aromatic rings. The summed E-state index contributed by atoms with van der Waals surface area (Å²) in [6.45, 7) is 4.62. The van der Waals surface area contributed by atoms with Crippen LogP contribution in [0.25, 0.3) is 0 Å². The van der Waals surface area contributed by atoms with Gasteiger partial charge in [-0.2, -0.15) is 0 Å². The summed E-state index contributed by atoms with van der Waals surface area (Å²) in [4.78, 5) is 1.46. The van der Waals surface area contributed by atoms with Crippen molar-refractivity contribution < 1.29 is 0 Å². The van der Waals surface area contributed by atoms with Crippen LogP contribution < -0.4 is 5.32 Å². The van der Waals surface area contributed by atoms with Crippen molar-refractivity contribution in [1.29, 1.82) is 0 Å². The average molecular weight is 223 g/mol. The minimum absolute atomic E-state index is 0.514. The maximum atomic E-state index is 3.73. The van der Waals surface area contributed by atoms with Crippen molar-refractivity contribution in [3.63, 3.8) is 0 Å². The van der Waals surface area contributed by atoms with Gasteiger partial charge in [0, 0.05) is 17.0 Å². The molecule has 1 aliphatic carbocycles. The number of rotatable bonds is 4. The molecule has 1 aliphatic rings. The van der Waals surface area contributed by atoms with E-state index in [0.717, 1.165) is 5.92 Å². The third-order valence-electron chi connectivity index (χ3n) is 3.59. The van der Waals surface area contributed by atoms with E-state index in [9.17, 15) is 0 Å². The van der Waals surface area contributed by atoms with Gasteiger partial charge < -0.3 is 5.32 Å². The van der Waals surface area contributed by atoms with Crippen molar-refractivity contribution in [2.45, 2.75) is 51.6 Å². The van der Waals surface area contributed by atoms with Gasteiger partial charge in [0.05, 0.1) is 0 Å². The van der Waals surface area contributed by atoms with Crippen molar-refractivity contribution >= 4 is 11.3 Å². The van der Waals surface area contributed by atoms with Gasteiger partial charge in [0.2, 0.25) is 0 Å². The molecule has 2 heteroatoms. The molecule has 0 aromatic carbocycles. The third-order valence-corrected chi connectivity index (χ3v) is 4.64. The van der Waals surface area contributed by atoms with E-state index in [4.69, 9.17) is 0 Å². The van der Waals surface area contributed by atoms with Gasteiger partial charge in [-0.25, -0.2) is 0 Å². The van der Waals surface area contributed by atoms with Crippen LogP contribution in [0.15, 0.2) is 17.5 Å². The van der Waals surface area contributed by atoms with Gasteiger partial charge in [0.25, 0.3) is 0 Å². The van der Waals surface area contributed by atoms with Crippen LogP contribution in [-0.2, 0) is 0 Å². The number of nitrogens with one attached hydrogen (secondary N) is 1. The summed E-state index contributed by atoms with van der Waals surface area (Å²) in [7, 11) is 0. The number of thiophene rings is 1. The van der Waals surface area contributed by atoms with E-state index in [1.807, 2.05) is 11.3 Å². The molecule has 1 fully saturated rings. The molecule has 1 saturated carbocycles. The van der Waals surface area contributed by atoms with Gasteiger partial charge in [-0.1, -0.05) is 18.9 Å². The number of hydrogen-bond acceptors (Lipinski definition) is 2. The minimum Gasteiger partial charge on any atom is -0.307 e. The maximum Gasteiger partial charge on any atom is 0.0388 e. The van der Waals surface area contributed by atoms with Crippen LogP contribution in [0.3, 0.4) is 0 Å². The lowest BCUT2D eigenvalue weighted by atomic mass is 9.99. The summed E-state index contributed by atoms with van der Waals surface area (Å²) in [5, 5.41) is 5.90. The molecule has 0 bridgehead atoms. The fourth-order valence-corrected chi connectivity index (χ4v) is 3.35. The summed E-state index contributed by atoms with van der Waals surface area (Å²) < 4.78 is 0. The first kappa shape index (κ1) is 11.2. The summed E-state index contributed by atoms with van der Waals surface area (Å²) in [5.41, 5.74) is 0. The van der Waals surface area contributed by atoms with Crippen molar-refractivity contribution in [2.75, 3.05) is 0 Å². The molecule has 15 heavy (non-hydrogen) atoms. The molecule has 0 saturated heterocycles. The van der Waals surface area contributed by atoms with Gasteiger partial charge in [-0.15, -0.1) is 11.3 Å². The molecule has 1 N–H and O–H groups in total. The molecule has 0 spiro atoms. The minimum atomic E-state index is 0.514. The lowest BCUT2D eigenvalue weighted by molar-refractivity contribution is 0.354. The summed E-state index contributed by atoms with van der Waals surface area (Å²) in [6.07, 6.45) is 5.71. The van der Waals surface area contributed by atoms with E-state index >= 15 is 0 Å². The van der Waals surface area contributed by atoms with Gasteiger partial charge in [0.1, 0.15) is 0 Å². The second kappa shape index (κ2) is 5.13. The van der Waals surface area contributed by atoms with Gasteiger partial charge in [-0.05, 0) is 44.1 Å². The van der Waals surface area contributed by atoms with E-state index in [-0.39, 0.29) is 0 Å². The zero-order valence-corrected chi connectivity index (χ0v) is 10.5. The maximum absolute atomic E-state index is 3.73. The Morgan fingerprint density at radius 2 is 2.07 bits per heavy atom. The smallest absolute Gasteiger partial charge is 0.0388 e. The highest BCUT2D eigenvalue weighted by atomic mass is 32.1. The topological polar surface area (TPSA) is 12.0 Å². The molecule has 1 aromatic heterocycles. The van der Waals surface area contributed by atoms with E-state index < -0.39 is 0 Å². The Labute approximate surface area is 96.9 Å². The van der Waals surface area contributed by atoms with Crippen molar-refractivity contribution in [3.8, 4) is 0 Å². The van der Waals surface area contributed by atoms with Crippen molar-refractivity contribution in [1.82, 2.24) is 5.32 Å². The second-order valence-electron chi connectivity index (χ2n) is 4.74. The largest absolute Gasteiger partial charge is 0.307 e. The van der Waals surface area contributed by atoms with Crippen LogP contribution in [0, 0.1) is 5.92 Å². The molecule has 0 aliphatic heterocycles. The van der Waals surface area contributed by atoms with Gasteiger partial charge in [-0.3, -0.25) is 0 Å². The third kappa shape index (κ3) is 2.82. The molecule has 1 nitrogen and oxygen atoms in total. The van der Waals surface area contributed by atoms with Crippen LogP contribution in [-0.4, -0.2) is 6.04 Å². The van der Waals surface area contributed by atoms with E-state index in [2.05, 4.69) is 36.7 Å². The Hall–Kier alpha value is -0.340. The first-order valence-corrected chi connectivity index (χ1v) is 6.95. The van der Waals surface area contributed by atoms with E-state index in [0.29, 0.717) is 12.1 Å². The molecular weight excluding hydrogens is 202 g/mol. The average Bonchev–Trinajstić information content (AvgIpc) is 2.91. The first-order valence-electron chi connectivity index (χ1n) is 6.07. The molecular formula is C13H21NS. The molecule has 1 unspecified atom stereocenters. The van der Waals surface area contributed by atoms with Crippen LogP contribution in [0.4, 0.5) is 0 Å². The highest BCUT2D eigenvalue weighted by Crippen LogP contribution is 2.29. The standard InChI is InChI=1S/C13H21NS/c1-10(12-6-3-4-7-12)14-11(2)13-8-5-9-15-13/h5,8-12,14H,3-4,6-7H2,1-2H3/t10?,11-/m0/s1. The zero-order valence-electron chi connectivity index (χ0n) is 9.70. The van der Waals surface area contributed by atoms with Gasteiger partial charge in [0.15, 0.2) is 0 Å². The normalized spacial score (nSPS) is 21.7. The molecule has 84 valence electrons. The van der Waals surface area contributed by atoms with Crippen LogP contribution in [0.2, 0.25) is 0 Å². The summed E-state index contributed by atoms with van der Waals surface area (Å²) >= 11 is 1.85. The predicted molar refractivity (Wildman–Crippen MR) is 67.3 cm³/mol. The van der Waals surface area contributed by atoms with Crippen molar-refractivity contribution in [3.05, 3.63) is 22.4 Å². The molecule has 1 heterocycles. The Balaban J connectivity index is 1.85. The zero-order chi connectivity index (χ0) is 10.7. The first-order chi connectivity index (χ1) is 7.27. The molecule has 2 atom stereocenters. The Kier molecular flexibility index (Phi) is 3.81. The molecule has 0 radical (unpaired) electrons. The summed E-state index contributed by atoms with van der Waals surface area (Å²) in [6, 6.07) is 5.55. The van der Waals surface area contributed by atoms with Crippen LogP contribution in [0.1, 0.15) is 50.4 Å². The predicted octanol–water partition coefficient (Wildman–Crippen LogP) is 3.98. The number of hydrogen-bond donors (Lipinski definition) is 1. The van der Waals surface area contributed by atoms with Crippen LogP contribution >= 0.6 is 11.3 Å². The second-order valence-corrected chi connectivity index (χ2v) is 5.72. The quantitative estimate of drug-likeness (QED) is 0.814. The van der Waals surface area contributed by atoms with E-state index in [1.165, 1.54) is 30.6 Å². The van der Waals surface area contributed by atoms with Crippen LogP contribution in [0.5, 0.6) is 0 Å². The lowest BCUT2D eigenvalue weighted by Crippen LogP contribution is -2.33. The molecule has 2 rings (SSSR count). The lowest BCUT2D eigenvalue weighted by Gasteiger charge is -2.24. The molecule has 0 amide bonds. The highest BCUT2D eigenvalue weighted by molar-refractivity contribution is 7.10. The Bertz CT molecular complexity index is 275. The Morgan fingerprint density at radius 3 is 2.67 bits per heavy atom. The fourth-order valence-electron chi connectivity index (χ4n) is 2.61. The van der Waals surface area contributed by atoms with Crippen molar-refractivity contribution in [2.24, 2.45) is 5.92 Å². The van der Waals surface area contributed by atoms with E-state index in [1.54, 1.807) is 0 Å². The fraction of sp³-hybridized carbons (Fsp3) is 0.692. The summed E-state index contributed by atoms with van der Waals surface area (Å²) in [5.74, 6) is 0.910. The monoisotopic (exact) mass is 223 g/mol. The highest BCUT2D eigenvalue weighted by Gasteiger charge is 2.22.